The number of Topliss-reactive ketones (excluding diaryl/α,β-unsaturated/α-hetero) is 2. The molecule has 1 fully saturated rings. The molecule has 40 heavy (non-hydrogen) atoms. The SMILES string of the molecule is CCC(C)C(=O)c1ccc(OC2CCC(=O)CC2)cc1OC.CCCC(CCC)N1C(=O)OCc2ccccc21. The molecule has 2 aliphatic rings. The molecule has 1 unspecified atom stereocenters. The van der Waals surface area contributed by atoms with Crippen molar-refractivity contribution in [3.63, 3.8) is 0 Å². The van der Waals surface area contributed by atoms with Gasteiger partial charge in [-0.05, 0) is 50.3 Å². The van der Waals surface area contributed by atoms with Crippen molar-refractivity contribution in [3.8, 4) is 11.5 Å². The maximum Gasteiger partial charge on any atom is 0.414 e. The largest absolute Gasteiger partial charge is 0.496 e. The molecule has 0 bridgehead atoms. The average Bonchev–Trinajstić information content (AvgIpc) is 2.97. The summed E-state index contributed by atoms with van der Waals surface area (Å²) in [5.41, 5.74) is 2.73. The molecular formula is C33H45NO6. The standard InChI is InChI=1S/C18H24O4.C15H21NO2/c1-4-12(2)18(20)16-10-9-15(11-17(16)21-3)22-14-7-5-13(19)6-8-14;1-3-7-13(8-4-2)16-14-10-6-5-9-12(14)11-18-15(16)17/h9-12,14H,4-8H2,1-3H3;5-6,9-10,13H,3-4,7-8,11H2,1-2H3. The number of carbonyl (C=O) groups is 3. The number of para-hydroxylation sites is 1. The number of hydrogen-bond acceptors (Lipinski definition) is 6. The number of carbonyl (C=O) groups excluding carboxylic acids is 3. The van der Waals surface area contributed by atoms with E-state index in [-0.39, 0.29) is 29.9 Å². The van der Waals surface area contributed by atoms with Crippen molar-refractivity contribution in [1.82, 2.24) is 0 Å². The summed E-state index contributed by atoms with van der Waals surface area (Å²) in [6.07, 6.45) is 7.58. The van der Waals surface area contributed by atoms with E-state index in [1.165, 1.54) is 0 Å². The first kappa shape index (κ1) is 31.2. The van der Waals surface area contributed by atoms with Crippen LogP contribution in [0.3, 0.4) is 0 Å². The summed E-state index contributed by atoms with van der Waals surface area (Å²) in [6, 6.07) is 13.6. The number of ether oxygens (including phenoxy) is 3. The molecule has 7 nitrogen and oxygen atoms in total. The lowest BCUT2D eigenvalue weighted by Crippen LogP contribution is -2.43. The maximum atomic E-state index is 12.3. The molecule has 1 amide bonds. The van der Waals surface area contributed by atoms with Crippen LogP contribution < -0.4 is 14.4 Å². The van der Waals surface area contributed by atoms with Crippen molar-refractivity contribution >= 4 is 23.3 Å². The first-order valence-electron chi connectivity index (χ1n) is 14.8. The number of fused-ring (bicyclic) bond motifs is 1. The monoisotopic (exact) mass is 551 g/mol. The van der Waals surface area contributed by atoms with Crippen LogP contribution in [0.4, 0.5) is 10.5 Å². The van der Waals surface area contributed by atoms with Gasteiger partial charge in [-0.2, -0.15) is 0 Å². The lowest BCUT2D eigenvalue weighted by Gasteiger charge is -2.35. The molecule has 1 aliphatic heterocycles. The number of anilines is 1. The van der Waals surface area contributed by atoms with Gasteiger partial charge in [0.25, 0.3) is 0 Å². The lowest BCUT2D eigenvalue weighted by molar-refractivity contribution is -0.121. The summed E-state index contributed by atoms with van der Waals surface area (Å²) in [5, 5.41) is 0. The second-order valence-electron chi connectivity index (χ2n) is 10.7. The van der Waals surface area contributed by atoms with E-state index in [1.807, 2.05) is 49.1 Å². The summed E-state index contributed by atoms with van der Waals surface area (Å²) in [4.78, 5) is 37.5. The Balaban J connectivity index is 0.000000225. The minimum Gasteiger partial charge on any atom is -0.496 e. The van der Waals surface area contributed by atoms with Crippen LogP contribution in [-0.2, 0) is 16.1 Å². The smallest absolute Gasteiger partial charge is 0.414 e. The van der Waals surface area contributed by atoms with Gasteiger partial charge in [0.15, 0.2) is 5.78 Å². The van der Waals surface area contributed by atoms with E-state index in [1.54, 1.807) is 19.2 Å². The molecular weight excluding hydrogens is 506 g/mol. The van der Waals surface area contributed by atoms with E-state index < -0.39 is 0 Å². The van der Waals surface area contributed by atoms with Crippen LogP contribution in [0.5, 0.6) is 11.5 Å². The molecule has 1 heterocycles. The quantitative estimate of drug-likeness (QED) is 0.264. The Hall–Kier alpha value is -3.35. The number of benzene rings is 2. The number of hydrogen-bond donors (Lipinski definition) is 0. The third-order valence-electron chi connectivity index (χ3n) is 7.70. The number of rotatable bonds is 11. The fourth-order valence-electron chi connectivity index (χ4n) is 5.21. The highest BCUT2D eigenvalue weighted by Crippen LogP contribution is 2.32. The molecule has 0 saturated heterocycles. The molecule has 1 aliphatic carbocycles. The van der Waals surface area contributed by atoms with Crippen LogP contribution >= 0.6 is 0 Å². The number of nitrogens with zero attached hydrogens (tertiary/aromatic N) is 1. The first-order valence-corrected chi connectivity index (χ1v) is 14.8. The third kappa shape index (κ3) is 8.09. The van der Waals surface area contributed by atoms with E-state index in [4.69, 9.17) is 14.2 Å². The van der Waals surface area contributed by atoms with Gasteiger partial charge >= 0.3 is 6.09 Å². The number of methoxy groups -OCH3 is 1. The van der Waals surface area contributed by atoms with Gasteiger partial charge in [0, 0.05) is 36.4 Å². The first-order chi connectivity index (χ1) is 19.3. The van der Waals surface area contributed by atoms with E-state index >= 15 is 0 Å². The summed E-state index contributed by atoms with van der Waals surface area (Å²) < 4.78 is 16.6. The van der Waals surface area contributed by atoms with Crippen molar-refractivity contribution < 1.29 is 28.6 Å². The van der Waals surface area contributed by atoms with Gasteiger partial charge in [-0.25, -0.2) is 4.79 Å². The molecule has 2 aromatic carbocycles. The summed E-state index contributed by atoms with van der Waals surface area (Å²) in [6.45, 7) is 8.63. The van der Waals surface area contributed by atoms with Crippen LogP contribution in [0, 0.1) is 5.92 Å². The van der Waals surface area contributed by atoms with Crippen molar-refractivity contribution in [3.05, 3.63) is 53.6 Å². The van der Waals surface area contributed by atoms with Crippen LogP contribution in [0.2, 0.25) is 0 Å². The fraction of sp³-hybridized carbons (Fsp3) is 0.545. The molecule has 0 radical (unpaired) electrons. The van der Waals surface area contributed by atoms with E-state index in [2.05, 4.69) is 13.8 Å². The molecule has 218 valence electrons. The number of amides is 1. The zero-order valence-electron chi connectivity index (χ0n) is 24.7. The van der Waals surface area contributed by atoms with Crippen molar-refractivity contribution in [2.75, 3.05) is 12.0 Å². The Bertz CT molecular complexity index is 1130. The topological polar surface area (TPSA) is 82.1 Å². The molecule has 2 aromatic rings. The highest BCUT2D eigenvalue weighted by molar-refractivity contribution is 6.00. The molecule has 0 N–H and O–H groups in total. The van der Waals surface area contributed by atoms with Crippen molar-refractivity contribution in [2.24, 2.45) is 5.92 Å². The van der Waals surface area contributed by atoms with E-state index in [0.29, 0.717) is 42.3 Å². The minimum atomic E-state index is -0.194. The summed E-state index contributed by atoms with van der Waals surface area (Å²) in [5.74, 6) is 1.62. The highest BCUT2D eigenvalue weighted by Gasteiger charge is 2.31. The normalized spacial score (nSPS) is 16.0. The highest BCUT2D eigenvalue weighted by atomic mass is 16.6. The Morgan fingerprint density at radius 2 is 1.70 bits per heavy atom. The maximum absolute atomic E-state index is 12.3. The minimum absolute atomic E-state index is 0.0231. The second kappa shape index (κ2) is 15.4. The van der Waals surface area contributed by atoms with E-state index in [9.17, 15) is 14.4 Å². The van der Waals surface area contributed by atoms with Gasteiger partial charge < -0.3 is 14.2 Å². The van der Waals surface area contributed by atoms with Crippen molar-refractivity contribution in [2.45, 2.75) is 104 Å². The molecule has 0 spiro atoms. The zero-order chi connectivity index (χ0) is 29.1. The van der Waals surface area contributed by atoms with Crippen molar-refractivity contribution in [1.29, 1.82) is 0 Å². The van der Waals surface area contributed by atoms with Crippen LogP contribution in [0.15, 0.2) is 42.5 Å². The van der Waals surface area contributed by atoms with Crippen LogP contribution in [0.1, 0.15) is 101 Å². The van der Waals surface area contributed by atoms with Gasteiger partial charge in [0.1, 0.15) is 23.9 Å². The summed E-state index contributed by atoms with van der Waals surface area (Å²) in [7, 11) is 1.56. The van der Waals surface area contributed by atoms with Gasteiger partial charge in [-0.15, -0.1) is 0 Å². The fourth-order valence-corrected chi connectivity index (χ4v) is 5.21. The Morgan fingerprint density at radius 1 is 1.02 bits per heavy atom. The Kier molecular flexibility index (Phi) is 12.0. The van der Waals surface area contributed by atoms with Gasteiger partial charge in [-0.1, -0.05) is 58.7 Å². The predicted octanol–water partition coefficient (Wildman–Crippen LogP) is 7.93. The third-order valence-corrected chi connectivity index (χ3v) is 7.70. The molecule has 7 heteroatoms. The molecule has 4 rings (SSSR count). The Labute approximate surface area is 239 Å². The average molecular weight is 552 g/mol. The molecule has 0 aromatic heterocycles. The second-order valence-corrected chi connectivity index (χ2v) is 10.7. The van der Waals surface area contributed by atoms with Gasteiger partial charge in [-0.3, -0.25) is 14.5 Å². The summed E-state index contributed by atoms with van der Waals surface area (Å²) >= 11 is 0. The molecule has 1 atom stereocenters. The predicted molar refractivity (Wildman–Crippen MR) is 157 cm³/mol. The zero-order valence-corrected chi connectivity index (χ0v) is 24.7. The van der Waals surface area contributed by atoms with Gasteiger partial charge in [0.05, 0.1) is 24.5 Å². The van der Waals surface area contributed by atoms with Crippen LogP contribution in [0.25, 0.3) is 0 Å². The molecule has 1 saturated carbocycles. The van der Waals surface area contributed by atoms with E-state index in [0.717, 1.165) is 56.2 Å². The van der Waals surface area contributed by atoms with Gasteiger partial charge in [0.2, 0.25) is 0 Å². The Morgan fingerprint density at radius 3 is 2.33 bits per heavy atom. The number of cyclic esters (lactones) is 1. The van der Waals surface area contributed by atoms with Crippen LogP contribution in [-0.4, -0.2) is 36.9 Å². The number of ketones is 2. The lowest BCUT2D eigenvalue weighted by atomic mass is 9.95.